The lowest BCUT2D eigenvalue weighted by Crippen LogP contribution is -2.53. The second-order valence-corrected chi connectivity index (χ2v) is 10.9. The molecule has 1 aliphatic carbocycles. The molecule has 0 atom stereocenters. The first-order chi connectivity index (χ1) is 17.2. The number of aliphatic hydroxyl groups is 1. The van der Waals surface area contributed by atoms with Crippen molar-refractivity contribution in [3.8, 4) is 23.1 Å². The number of sulfonamides is 1. The number of hydrogen-bond donors (Lipinski definition) is 4. The third-order valence-corrected chi connectivity index (χ3v) is 7.41. The molecule has 198 valence electrons. The summed E-state index contributed by atoms with van der Waals surface area (Å²) in [5.74, 6) is -1.25. The van der Waals surface area contributed by atoms with E-state index in [4.69, 9.17) is 27.9 Å². The van der Waals surface area contributed by atoms with E-state index in [1.807, 2.05) is 0 Å². The van der Waals surface area contributed by atoms with Gasteiger partial charge in [-0.05, 0) is 31.9 Å². The fourth-order valence-electron chi connectivity index (χ4n) is 3.65. The minimum absolute atomic E-state index is 0.186. The van der Waals surface area contributed by atoms with Gasteiger partial charge in [0.05, 0.1) is 27.5 Å². The Bertz CT molecular complexity index is 1580. The largest absolute Gasteiger partial charge is 0.505 e. The second-order valence-electron chi connectivity index (χ2n) is 8.41. The number of nitrogens with one attached hydrogen (secondary N) is 2. The van der Waals surface area contributed by atoms with Gasteiger partial charge >= 0.3 is 5.69 Å². The van der Waals surface area contributed by atoms with Gasteiger partial charge in [-0.1, -0.05) is 23.2 Å². The maximum absolute atomic E-state index is 13.0. The van der Waals surface area contributed by atoms with E-state index in [1.54, 1.807) is 11.9 Å². The lowest BCUT2D eigenvalue weighted by molar-refractivity contribution is -0.0329. The second kappa shape index (κ2) is 9.64. The first kappa shape index (κ1) is 26.9. The first-order valence-corrected chi connectivity index (χ1v) is 12.5. The van der Waals surface area contributed by atoms with Crippen LogP contribution in [0.2, 0.25) is 10.0 Å². The third-order valence-electron chi connectivity index (χ3n) is 5.30. The third kappa shape index (κ3) is 5.60. The molecule has 0 saturated heterocycles. The van der Waals surface area contributed by atoms with Crippen molar-refractivity contribution in [2.45, 2.75) is 42.7 Å². The van der Waals surface area contributed by atoms with E-state index in [2.05, 4.69) is 14.8 Å². The summed E-state index contributed by atoms with van der Waals surface area (Å²) in [5, 5.41) is 22.7. The van der Waals surface area contributed by atoms with Crippen LogP contribution >= 0.6 is 23.2 Å². The first-order valence-electron chi connectivity index (χ1n) is 10.3. The van der Waals surface area contributed by atoms with E-state index in [9.17, 15) is 37.0 Å². The van der Waals surface area contributed by atoms with Crippen molar-refractivity contribution in [1.82, 2.24) is 24.5 Å². The minimum Gasteiger partial charge on any atom is -0.505 e. The number of nitrogens with zero attached hydrogens (tertiary/aromatic N) is 3. The number of rotatable bonds is 7. The normalized spacial score (nSPS) is 19.6. The molecule has 0 bridgehead atoms. The fraction of sp³-hybridized carbons (Fsp3) is 0.300. The standard InChI is InChI=1S/C20H17Cl2F2N5O7S/c1-20(33)5-8(6-20)28-37(34,35)13-4-14(25-7-12(13)30)36-16-10(21)2-9(3-11(16)22)29-19(32)26-18(31)15(27-29)17(23)24/h2-4,7-8,17,28,30,33H,5-6H2,1H3,(H,26,31,32)/t8-,20+. The van der Waals surface area contributed by atoms with Gasteiger partial charge in [-0.2, -0.15) is 9.78 Å². The number of hydrogen-bond acceptors (Lipinski definition) is 9. The van der Waals surface area contributed by atoms with Crippen molar-refractivity contribution in [2.75, 3.05) is 0 Å². The molecule has 0 spiro atoms. The lowest BCUT2D eigenvalue weighted by Gasteiger charge is -2.40. The van der Waals surface area contributed by atoms with E-state index >= 15 is 0 Å². The number of pyridine rings is 1. The van der Waals surface area contributed by atoms with Crippen LogP contribution < -0.4 is 20.7 Å². The number of aromatic hydroxyl groups is 1. The zero-order chi connectivity index (χ0) is 27.3. The van der Waals surface area contributed by atoms with Crippen molar-refractivity contribution in [1.29, 1.82) is 0 Å². The highest BCUT2D eigenvalue weighted by atomic mass is 35.5. The maximum Gasteiger partial charge on any atom is 0.349 e. The number of halogens is 4. The van der Waals surface area contributed by atoms with Gasteiger partial charge in [-0.3, -0.25) is 9.78 Å². The lowest BCUT2D eigenvalue weighted by atomic mass is 9.78. The Morgan fingerprint density at radius 2 is 1.86 bits per heavy atom. The molecule has 1 saturated carbocycles. The number of benzene rings is 1. The highest BCUT2D eigenvalue weighted by Crippen LogP contribution is 2.39. The van der Waals surface area contributed by atoms with Crippen LogP contribution in [-0.2, 0) is 10.0 Å². The minimum atomic E-state index is -4.23. The molecule has 0 radical (unpaired) electrons. The molecule has 37 heavy (non-hydrogen) atoms. The fourth-order valence-corrected chi connectivity index (χ4v) is 5.52. The van der Waals surface area contributed by atoms with Gasteiger partial charge in [0.25, 0.3) is 12.0 Å². The maximum atomic E-state index is 13.0. The number of aromatic nitrogens is 4. The van der Waals surface area contributed by atoms with Crippen molar-refractivity contribution >= 4 is 33.2 Å². The SMILES string of the molecule is C[C@]1(O)C[C@@H](NS(=O)(=O)c2cc(Oc3c(Cl)cc(-n4nc(C(F)F)c(=O)[nH]c4=O)cc3Cl)ncc2O)C1. The molecule has 0 unspecified atom stereocenters. The van der Waals surface area contributed by atoms with Crippen molar-refractivity contribution < 1.29 is 32.1 Å². The summed E-state index contributed by atoms with van der Waals surface area (Å²) < 4.78 is 59.9. The van der Waals surface area contributed by atoms with Crippen molar-refractivity contribution in [3.63, 3.8) is 0 Å². The summed E-state index contributed by atoms with van der Waals surface area (Å²) in [6.45, 7) is 1.56. The summed E-state index contributed by atoms with van der Waals surface area (Å²) in [4.78, 5) is 28.6. The molecule has 4 rings (SSSR count). The van der Waals surface area contributed by atoms with Crippen LogP contribution in [0.4, 0.5) is 8.78 Å². The van der Waals surface area contributed by atoms with Gasteiger partial charge in [0, 0.05) is 12.1 Å². The summed E-state index contributed by atoms with van der Waals surface area (Å²) in [6.07, 6.45) is -2.06. The van der Waals surface area contributed by atoms with Gasteiger partial charge in [-0.25, -0.2) is 31.7 Å². The average Bonchev–Trinajstić information content (AvgIpc) is 2.75. The Morgan fingerprint density at radius 1 is 1.24 bits per heavy atom. The van der Waals surface area contributed by atoms with Crippen LogP contribution in [0, 0.1) is 0 Å². The Morgan fingerprint density at radius 3 is 2.43 bits per heavy atom. The molecule has 3 aromatic rings. The smallest absolute Gasteiger partial charge is 0.349 e. The highest BCUT2D eigenvalue weighted by Gasteiger charge is 2.41. The summed E-state index contributed by atoms with van der Waals surface area (Å²) >= 11 is 12.4. The van der Waals surface area contributed by atoms with Gasteiger partial charge in [0.2, 0.25) is 15.9 Å². The zero-order valence-corrected chi connectivity index (χ0v) is 20.9. The Hall–Kier alpha value is -3.11. The van der Waals surface area contributed by atoms with Crippen LogP contribution in [0.15, 0.2) is 38.9 Å². The highest BCUT2D eigenvalue weighted by molar-refractivity contribution is 7.89. The molecule has 1 aliphatic rings. The predicted octanol–water partition coefficient (Wildman–Crippen LogP) is 2.25. The Balaban J connectivity index is 1.64. The summed E-state index contributed by atoms with van der Waals surface area (Å²) in [7, 11) is -4.23. The van der Waals surface area contributed by atoms with E-state index < -0.39 is 55.7 Å². The molecule has 12 nitrogen and oxygen atoms in total. The van der Waals surface area contributed by atoms with Crippen LogP contribution in [0.1, 0.15) is 31.9 Å². The van der Waals surface area contributed by atoms with Crippen molar-refractivity contribution in [3.05, 3.63) is 61.0 Å². The topological polar surface area (TPSA) is 176 Å². The molecule has 4 N–H and O–H groups in total. The number of H-pyrrole nitrogens is 1. The van der Waals surface area contributed by atoms with Crippen LogP contribution in [0.25, 0.3) is 5.69 Å². The Labute approximate surface area is 216 Å². The number of aromatic amines is 1. The van der Waals surface area contributed by atoms with Crippen molar-refractivity contribution in [2.24, 2.45) is 0 Å². The van der Waals surface area contributed by atoms with Gasteiger partial charge in [0.1, 0.15) is 4.90 Å². The van der Waals surface area contributed by atoms with E-state index in [0.29, 0.717) is 4.68 Å². The van der Waals surface area contributed by atoms with Crippen LogP contribution in [0.5, 0.6) is 17.4 Å². The predicted molar refractivity (Wildman–Crippen MR) is 125 cm³/mol. The number of ether oxygens (including phenoxy) is 1. The molecule has 2 aromatic heterocycles. The van der Waals surface area contributed by atoms with Gasteiger partial charge in [-0.15, -0.1) is 0 Å². The molecule has 17 heteroatoms. The molecule has 2 heterocycles. The summed E-state index contributed by atoms with van der Waals surface area (Å²) in [6, 6.07) is 2.53. The molecule has 1 aromatic carbocycles. The summed E-state index contributed by atoms with van der Waals surface area (Å²) in [5.41, 5.74) is -4.86. The van der Waals surface area contributed by atoms with E-state index in [0.717, 1.165) is 24.4 Å². The molecule has 0 amide bonds. The molecular formula is C20H17Cl2F2N5O7S. The molecular weight excluding hydrogens is 563 g/mol. The van der Waals surface area contributed by atoms with Crippen LogP contribution in [0.3, 0.4) is 0 Å². The van der Waals surface area contributed by atoms with E-state index in [1.165, 1.54) is 0 Å². The molecule has 0 aliphatic heterocycles. The van der Waals surface area contributed by atoms with E-state index in [-0.39, 0.29) is 40.2 Å². The monoisotopic (exact) mass is 579 g/mol. The van der Waals surface area contributed by atoms with Crippen LogP contribution in [-0.4, -0.2) is 50.0 Å². The van der Waals surface area contributed by atoms with Gasteiger partial charge in [0.15, 0.2) is 17.2 Å². The number of alkyl halides is 2. The Kier molecular flexibility index (Phi) is 7.02. The van der Waals surface area contributed by atoms with Gasteiger partial charge < -0.3 is 14.9 Å². The average molecular weight is 580 g/mol. The zero-order valence-electron chi connectivity index (χ0n) is 18.6. The molecule has 1 fully saturated rings. The quantitative estimate of drug-likeness (QED) is 0.327.